The number of ether oxygens (including phenoxy) is 1. The van der Waals surface area contributed by atoms with Crippen LogP contribution in [0.2, 0.25) is 20.1 Å². The number of rotatable bonds is 6. The summed E-state index contributed by atoms with van der Waals surface area (Å²) in [5.74, 6) is -0.910. The standard InChI is InChI=1S/C18H14Cl4N2O5S/c19-13-14(20)16(22)18-17(15(13)21)23-11(24(6-7-25)30(18,27)28)8-12(26)29-9-10-4-2-1-3-5-10/h1-5,25H,6-9H2. The van der Waals surface area contributed by atoms with Crippen LogP contribution in [0.4, 0.5) is 5.69 Å². The molecule has 0 fully saturated rings. The normalized spacial score (nSPS) is 14.8. The van der Waals surface area contributed by atoms with Gasteiger partial charge in [-0.2, -0.15) is 0 Å². The van der Waals surface area contributed by atoms with Gasteiger partial charge in [0.05, 0.1) is 33.2 Å². The fourth-order valence-electron chi connectivity index (χ4n) is 2.75. The molecule has 0 spiro atoms. The van der Waals surface area contributed by atoms with E-state index in [4.69, 9.17) is 51.1 Å². The Labute approximate surface area is 192 Å². The Morgan fingerprint density at radius 1 is 1.03 bits per heavy atom. The molecule has 0 saturated heterocycles. The van der Waals surface area contributed by atoms with Crippen LogP contribution in [-0.2, 0) is 26.2 Å². The van der Waals surface area contributed by atoms with E-state index in [1.165, 1.54) is 0 Å². The fraction of sp³-hybridized carbons (Fsp3) is 0.222. The van der Waals surface area contributed by atoms with Crippen molar-refractivity contribution in [2.24, 2.45) is 4.99 Å². The number of sulfonamides is 1. The summed E-state index contributed by atoms with van der Waals surface area (Å²) in [5, 5.41) is 8.37. The molecule has 2 aromatic carbocycles. The summed E-state index contributed by atoms with van der Waals surface area (Å²) in [6, 6.07) is 8.96. The van der Waals surface area contributed by atoms with Crippen LogP contribution in [0.15, 0.2) is 40.2 Å². The van der Waals surface area contributed by atoms with Crippen molar-refractivity contribution in [1.82, 2.24) is 4.31 Å². The van der Waals surface area contributed by atoms with Crippen molar-refractivity contribution in [3.8, 4) is 0 Å². The Bertz CT molecular complexity index is 1120. The van der Waals surface area contributed by atoms with Crippen LogP contribution in [0.25, 0.3) is 0 Å². The Hall–Kier alpha value is -1.55. The third-order valence-electron chi connectivity index (χ3n) is 4.13. The fourth-order valence-corrected chi connectivity index (χ4v) is 5.69. The molecule has 3 rings (SSSR count). The summed E-state index contributed by atoms with van der Waals surface area (Å²) in [6.45, 7) is -0.885. The van der Waals surface area contributed by atoms with E-state index < -0.39 is 33.9 Å². The van der Waals surface area contributed by atoms with Crippen LogP contribution in [0.3, 0.4) is 0 Å². The monoisotopic (exact) mass is 510 g/mol. The van der Waals surface area contributed by atoms with Crippen LogP contribution in [-0.4, -0.2) is 42.8 Å². The molecular weight excluding hydrogens is 498 g/mol. The van der Waals surface area contributed by atoms with E-state index in [9.17, 15) is 18.3 Å². The van der Waals surface area contributed by atoms with E-state index in [0.717, 1.165) is 9.87 Å². The van der Waals surface area contributed by atoms with Gasteiger partial charge < -0.3 is 9.84 Å². The number of hydrogen-bond donors (Lipinski definition) is 1. The number of hydrogen-bond acceptors (Lipinski definition) is 6. The highest BCUT2D eigenvalue weighted by molar-refractivity contribution is 7.90. The van der Waals surface area contributed by atoms with E-state index in [2.05, 4.69) is 4.99 Å². The topological polar surface area (TPSA) is 96.3 Å². The molecule has 1 aliphatic rings. The molecule has 1 N–H and O–H groups in total. The van der Waals surface area contributed by atoms with Gasteiger partial charge >= 0.3 is 5.97 Å². The minimum Gasteiger partial charge on any atom is -0.460 e. The third-order valence-corrected chi connectivity index (χ3v) is 7.92. The minimum absolute atomic E-state index is 0.00428. The van der Waals surface area contributed by atoms with Crippen molar-refractivity contribution >= 4 is 73.9 Å². The molecule has 12 heteroatoms. The second-order valence-electron chi connectivity index (χ2n) is 6.09. The Kier molecular flexibility index (Phi) is 7.16. The number of benzene rings is 2. The van der Waals surface area contributed by atoms with Gasteiger partial charge in [0.2, 0.25) is 0 Å². The zero-order chi connectivity index (χ0) is 22.1. The molecule has 0 amide bonds. The van der Waals surface area contributed by atoms with Crippen LogP contribution >= 0.6 is 46.4 Å². The summed E-state index contributed by atoms with van der Waals surface area (Å²) < 4.78 is 32.2. The van der Waals surface area contributed by atoms with Crippen molar-refractivity contribution in [3.05, 3.63) is 56.0 Å². The molecule has 1 heterocycles. The molecule has 7 nitrogen and oxygen atoms in total. The zero-order valence-corrected chi connectivity index (χ0v) is 19.0. The molecular formula is C18H14Cl4N2O5S. The average molecular weight is 512 g/mol. The Morgan fingerprint density at radius 2 is 1.67 bits per heavy atom. The molecule has 0 atom stereocenters. The van der Waals surface area contributed by atoms with Crippen LogP contribution in [0.1, 0.15) is 12.0 Å². The second-order valence-corrected chi connectivity index (χ2v) is 9.40. The highest BCUT2D eigenvalue weighted by atomic mass is 35.5. The second kappa shape index (κ2) is 9.30. The van der Waals surface area contributed by atoms with E-state index >= 15 is 0 Å². The van der Waals surface area contributed by atoms with Gasteiger partial charge in [-0.05, 0) is 5.56 Å². The van der Waals surface area contributed by atoms with E-state index in [-0.39, 0.29) is 44.8 Å². The number of carbonyl (C=O) groups excluding carboxylic acids is 1. The van der Waals surface area contributed by atoms with Gasteiger partial charge in [-0.1, -0.05) is 76.7 Å². The number of nitrogens with zero attached hydrogens (tertiary/aromatic N) is 2. The summed E-state index contributed by atoms with van der Waals surface area (Å²) in [6.07, 6.45) is -0.486. The molecule has 0 bridgehead atoms. The van der Waals surface area contributed by atoms with Gasteiger partial charge in [0, 0.05) is 0 Å². The summed E-state index contributed by atoms with van der Waals surface area (Å²) in [7, 11) is -4.32. The van der Waals surface area contributed by atoms with Crippen LogP contribution < -0.4 is 0 Å². The lowest BCUT2D eigenvalue weighted by Crippen LogP contribution is -2.42. The summed E-state index contributed by atoms with van der Waals surface area (Å²) >= 11 is 24.3. The number of β-amino-alcohol motifs (C(OH)–C–C–N with tert-alkyl or cyclic N) is 1. The van der Waals surface area contributed by atoms with Gasteiger partial charge in [0.1, 0.15) is 29.4 Å². The Balaban J connectivity index is 1.98. The third kappa shape index (κ3) is 4.39. The van der Waals surface area contributed by atoms with Crippen molar-refractivity contribution < 1.29 is 23.1 Å². The number of halogens is 4. The van der Waals surface area contributed by atoms with Crippen molar-refractivity contribution in [3.63, 3.8) is 0 Å². The summed E-state index contributed by atoms with van der Waals surface area (Å²) in [5.41, 5.74) is 0.536. The first-order chi connectivity index (χ1) is 14.2. The van der Waals surface area contributed by atoms with Gasteiger partial charge in [-0.3, -0.25) is 9.10 Å². The number of esters is 1. The van der Waals surface area contributed by atoms with Crippen LogP contribution in [0.5, 0.6) is 0 Å². The lowest BCUT2D eigenvalue weighted by atomic mass is 10.2. The molecule has 0 unspecified atom stereocenters. The number of aliphatic hydroxyl groups excluding tert-OH is 1. The predicted molar refractivity (Wildman–Crippen MR) is 115 cm³/mol. The van der Waals surface area contributed by atoms with Crippen molar-refractivity contribution in [2.75, 3.05) is 13.2 Å². The SMILES string of the molecule is O=C(CC1=Nc2c(Cl)c(Cl)c(Cl)c(Cl)c2S(=O)(=O)N1CCO)OCc1ccccc1. The number of fused-ring (bicyclic) bond motifs is 1. The molecule has 0 radical (unpaired) electrons. The maximum absolute atomic E-state index is 13.1. The number of aliphatic imine (C=N–C) groups is 1. The van der Waals surface area contributed by atoms with Crippen molar-refractivity contribution in [2.45, 2.75) is 17.9 Å². The summed E-state index contributed by atoms with van der Waals surface area (Å²) in [4.78, 5) is 16.1. The first kappa shape index (κ1) is 23.1. The first-order valence-electron chi connectivity index (χ1n) is 8.45. The quantitative estimate of drug-likeness (QED) is 0.351. The molecule has 0 saturated carbocycles. The molecule has 2 aromatic rings. The highest BCUT2D eigenvalue weighted by Gasteiger charge is 2.39. The smallest absolute Gasteiger partial charge is 0.313 e. The molecule has 1 aliphatic heterocycles. The lowest BCUT2D eigenvalue weighted by Gasteiger charge is -2.30. The average Bonchev–Trinajstić information content (AvgIpc) is 2.72. The first-order valence-corrected chi connectivity index (χ1v) is 11.4. The molecule has 30 heavy (non-hydrogen) atoms. The van der Waals surface area contributed by atoms with E-state index in [1.54, 1.807) is 24.3 Å². The zero-order valence-electron chi connectivity index (χ0n) is 15.1. The van der Waals surface area contributed by atoms with Crippen molar-refractivity contribution in [1.29, 1.82) is 0 Å². The van der Waals surface area contributed by atoms with E-state index in [1.807, 2.05) is 6.07 Å². The molecule has 0 aliphatic carbocycles. The van der Waals surface area contributed by atoms with Crippen LogP contribution in [0, 0.1) is 0 Å². The minimum atomic E-state index is -4.32. The number of aliphatic hydroxyl groups is 1. The number of carbonyl (C=O) groups is 1. The van der Waals surface area contributed by atoms with E-state index in [0.29, 0.717) is 0 Å². The van der Waals surface area contributed by atoms with Gasteiger partial charge in [0.25, 0.3) is 10.0 Å². The molecule has 0 aromatic heterocycles. The van der Waals surface area contributed by atoms with Gasteiger partial charge in [-0.25, -0.2) is 13.4 Å². The maximum Gasteiger partial charge on any atom is 0.313 e. The van der Waals surface area contributed by atoms with Gasteiger partial charge in [0.15, 0.2) is 0 Å². The molecule has 160 valence electrons. The number of amidine groups is 1. The highest BCUT2D eigenvalue weighted by Crippen LogP contribution is 2.50. The largest absolute Gasteiger partial charge is 0.460 e. The van der Waals surface area contributed by atoms with Gasteiger partial charge in [-0.15, -0.1) is 0 Å². The lowest BCUT2D eigenvalue weighted by molar-refractivity contribution is -0.143. The maximum atomic E-state index is 13.1. The predicted octanol–water partition coefficient (Wildman–Crippen LogP) is 4.46. The Morgan fingerprint density at radius 3 is 2.30 bits per heavy atom.